The number of halogens is 3. The first kappa shape index (κ1) is 11.6. The lowest BCUT2D eigenvalue weighted by molar-refractivity contribution is 0.466. The van der Waals surface area contributed by atoms with Crippen LogP contribution in [0.4, 0.5) is 4.39 Å². The van der Waals surface area contributed by atoms with Crippen molar-refractivity contribution in [3.05, 3.63) is 27.0 Å². The average Bonchev–Trinajstić information content (AvgIpc) is 2.11. The monoisotopic (exact) mass is 236 g/mol. The molecule has 0 spiro atoms. The highest BCUT2D eigenvalue weighted by atomic mass is 35.5. The molecule has 0 bridgehead atoms. The third kappa shape index (κ3) is 1.69. The smallest absolute Gasteiger partial charge is 0.147 e. The lowest BCUT2D eigenvalue weighted by Gasteiger charge is -2.14. The predicted molar refractivity (Wildman–Crippen MR) is 56.9 cm³/mol. The summed E-state index contributed by atoms with van der Waals surface area (Å²) in [6.07, 6.45) is 0. The van der Waals surface area contributed by atoms with Crippen molar-refractivity contribution in [1.29, 1.82) is 0 Å². The topological polar surface area (TPSA) is 20.2 Å². The summed E-state index contributed by atoms with van der Waals surface area (Å²) < 4.78 is 13.6. The highest BCUT2D eigenvalue weighted by Crippen LogP contribution is 2.41. The molecule has 1 aromatic carbocycles. The zero-order valence-corrected chi connectivity index (χ0v) is 9.67. The lowest BCUT2D eigenvalue weighted by Crippen LogP contribution is -1.98. The van der Waals surface area contributed by atoms with Crippen molar-refractivity contribution in [3.63, 3.8) is 0 Å². The molecule has 1 rings (SSSR count). The zero-order valence-electron chi connectivity index (χ0n) is 8.16. The molecule has 0 aromatic heterocycles. The van der Waals surface area contributed by atoms with Crippen LogP contribution < -0.4 is 0 Å². The van der Waals surface area contributed by atoms with Crippen LogP contribution in [0.15, 0.2) is 0 Å². The molecule has 0 radical (unpaired) electrons. The maximum Gasteiger partial charge on any atom is 0.147 e. The first-order chi connectivity index (χ1) is 6.37. The molecule has 1 nitrogen and oxygen atoms in total. The molecule has 78 valence electrons. The normalized spacial score (nSPS) is 11.1. The minimum Gasteiger partial charge on any atom is -0.506 e. The molecular formula is C10H11Cl2FO. The number of aromatic hydroxyl groups is 1. The van der Waals surface area contributed by atoms with Gasteiger partial charge in [-0.1, -0.05) is 37.0 Å². The van der Waals surface area contributed by atoms with Crippen molar-refractivity contribution in [2.24, 2.45) is 0 Å². The van der Waals surface area contributed by atoms with Crippen LogP contribution in [0.3, 0.4) is 0 Å². The molecule has 0 fully saturated rings. The van der Waals surface area contributed by atoms with Gasteiger partial charge in [0.15, 0.2) is 0 Å². The van der Waals surface area contributed by atoms with E-state index in [-0.39, 0.29) is 32.8 Å². The molecule has 14 heavy (non-hydrogen) atoms. The molecule has 0 heterocycles. The van der Waals surface area contributed by atoms with Gasteiger partial charge in [-0.3, -0.25) is 0 Å². The van der Waals surface area contributed by atoms with Crippen molar-refractivity contribution in [2.75, 3.05) is 0 Å². The molecule has 0 aliphatic rings. The van der Waals surface area contributed by atoms with Crippen molar-refractivity contribution >= 4 is 23.2 Å². The number of hydrogen-bond acceptors (Lipinski definition) is 1. The predicted octanol–water partition coefficient (Wildman–Crippen LogP) is 4.27. The van der Waals surface area contributed by atoms with Gasteiger partial charge in [0.2, 0.25) is 0 Å². The van der Waals surface area contributed by atoms with E-state index in [1.54, 1.807) is 13.8 Å². The third-order valence-electron chi connectivity index (χ3n) is 2.14. The van der Waals surface area contributed by atoms with Gasteiger partial charge in [0, 0.05) is 11.1 Å². The molecule has 4 heteroatoms. The van der Waals surface area contributed by atoms with Gasteiger partial charge < -0.3 is 5.11 Å². The van der Waals surface area contributed by atoms with Gasteiger partial charge in [-0.15, -0.1) is 0 Å². The van der Waals surface area contributed by atoms with Crippen LogP contribution in [0.5, 0.6) is 5.75 Å². The van der Waals surface area contributed by atoms with E-state index in [1.165, 1.54) is 6.92 Å². The van der Waals surface area contributed by atoms with Crippen LogP contribution >= 0.6 is 23.2 Å². The quantitative estimate of drug-likeness (QED) is 0.723. The molecule has 0 aliphatic carbocycles. The van der Waals surface area contributed by atoms with E-state index in [0.717, 1.165) is 0 Å². The Morgan fingerprint density at radius 1 is 1.21 bits per heavy atom. The van der Waals surface area contributed by atoms with Crippen molar-refractivity contribution < 1.29 is 9.50 Å². The van der Waals surface area contributed by atoms with Crippen molar-refractivity contribution in [2.45, 2.75) is 26.7 Å². The highest BCUT2D eigenvalue weighted by molar-refractivity contribution is 6.35. The Morgan fingerprint density at radius 3 is 2.14 bits per heavy atom. The van der Waals surface area contributed by atoms with E-state index in [4.69, 9.17) is 23.2 Å². The second-order valence-electron chi connectivity index (χ2n) is 3.48. The van der Waals surface area contributed by atoms with E-state index in [0.29, 0.717) is 0 Å². The number of phenols is 1. The van der Waals surface area contributed by atoms with Gasteiger partial charge in [0.25, 0.3) is 0 Å². The van der Waals surface area contributed by atoms with Crippen molar-refractivity contribution in [1.82, 2.24) is 0 Å². The minimum absolute atomic E-state index is 0.0550. The Kier molecular flexibility index (Phi) is 3.28. The second kappa shape index (κ2) is 3.95. The molecule has 0 saturated carbocycles. The molecule has 0 atom stereocenters. The highest BCUT2D eigenvalue weighted by Gasteiger charge is 2.21. The zero-order chi connectivity index (χ0) is 11.0. The lowest BCUT2D eigenvalue weighted by atomic mass is 10.00. The van der Waals surface area contributed by atoms with Crippen LogP contribution in [0.25, 0.3) is 0 Å². The summed E-state index contributed by atoms with van der Waals surface area (Å²) in [5.74, 6) is -0.796. The maximum absolute atomic E-state index is 13.6. The van der Waals surface area contributed by atoms with E-state index in [2.05, 4.69) is 0 Å². The molecule has 0 amide bonds. The van der Waals surface area contributed by atoms with Gasteiger partial charge >= 0.3 is 0 Å². The average molecular weight is 237 g/mol. The third-order valence-corrected chi connectivity index (χ3v) is 2.97. The molecule has 0 aliphatic heterocycles. The van der Waals surface area contributed by atoms with Gasteiger partial charge in [-0.25, -0.2) is 4.39 Å². The Morgan fingerprint density at radius 2 is 1.71 bits per heavy atom. The second-order valence-corrected chi connectivity index (χ2v) is 4.24. The molecule has 0 saturated heterocycles. The van der Waals surface area contributed by atoms with Crippen LogP contribution in [0, 0.1) is 12.7 Å². The molecular weight excluding hydrogens is 226 g/mol. The summed E-state index contributed by atoms with van der Waals surface area (Å²) in [7, 11) is 0. The van der Waals surface area contributed by atoms with Gasteiger partial charge in [0.05, 0.1) is 10.0 Å². The van der Waals surface area contributed by atoms with Crippen molar-refractivity contribution in [3.8, 4) is 5.75 Å². The summed E-state index contributed by atoms with van der Waals surface area (Å²) in [6, 6.07) is 0. The molecule has 1 aromatic rings. The maximum atomic E-state index is 13.6. The van der Waals surface area contributed by atoms with Gasteiger partial charge in [0.1, 0.15) is 11.6 Å². The summed E-state index contributed by atoms with van der Waals surface area (Å²) in [5.41, 5.74) is 0.540. The largest absolute Gasteiger partial charge is 0.506 e. The Labute approximate surface area is 92.5 Å². The standard InChI is InChI=1S/C10H11Cl2FO/c1-4(2)6-8(12)10(14)5(3)7(11)9(6)13/h4,14H,1-3H3. The van der Waals surface area contributed by atoms with Crippen LogP contribution in [0.1, 0.15) is 30.9 Å². The Hall–Kier alpha value is -0.470. The van der Waals surface area contributed by atoms with Gasteiger partial charge in [-0.2, -0.15) is 0 Å². The number of hydrogen-bond donors (Lipinski definition) is 1. The first-order valence-electron chi connectivity index (χ1n) is 4.23. The summed E-state index contributed by atoms with van der Waals surface area (Å²) in [6.45, 7) is 5.10. The SMILES string of the molecule is Cc1c(O)c(Cl)c(C(C)C)c(F)c1Cl. The number of rotatable bonds is 1. The van der Waals surface area contributed by atoms with E-state index in [1.807, 2.05) is 0 Å². The van der Waals surface area contributed by atoms with Gasteiger partial charge in [-0.05, 0) is 12.8 Å². The van der Waals surface area contributed by atoms with Crippen LogP contribution in [0.2, 0.25) is 10.0 Å². The molecule has 0 unspecified atom stereocenters. The minimum atomic E-state index is -0.540. The van der Waals surface area contributed by atoms with E-state index in [9.17, 15) is 9.50 Å². The number of phenolic OH excluding ortho intramolecular Hbond substituents is 1. The fraction of sp³-hybridized carbons (Fsp3) is 0.400. The van der Waals surface area contributed by atoms with Crippen LogP contribution in [-0.4, -0.2) is 5.11 Å². The molecule has 1 N–H and O–H groups in total. The Bertz CT molecular complexity index is 346. The summed E-state index contributed by atoms with van der Waals surface area (Å²) >= 11 is 11.5. The fourth-order valence-electron chi connectivity index (χ4n) is 1.28. The number of benzene rings is 1. The van der Waals surface area contributed by atoms with E-state index < -0.39 is 5.82 Å². The first-order valence-corrected chi connectivity index (χ1v) is 4.99. The summed E-state index contributed by atoms with van der Waals surface area (Å²) in [5, 5.41) is 9.55. The Balaban J connectivity index is 3.60. The summed E-state index contributed by atoms with van der Waals surface area (Å²) in [4.78, 5) is 0. The fourth-order valence-corrected chi connectivity index (χ4v) is 1.92. The van der Waals surface area contributed by atoms with Crippen LogP contribution in [-0.2, 0) is 0 Å². The van der Waals surface area contributed by atoms with E-state index >= 15 is 0 Å².